The second-order valence-electron chi connectivity index (χ2n) is 5.49. The van der Waals surface area contributed by atoms with E-state index >= 15 is 0 Å². The molecule has 1 aromatic rings. The Kier molecular flexibility index (Phi) is 2.32. The number of rotatable bonds is 2. The summed E-state index contributed by atoms with van der Waals surface area (Å²) in [6.07, 6.45) is 2.36. The highest BCUT2D eigenvalue weighted by molar-refractivity contribution is 7.90. The maximum atomic E-state index is 11.9. The topological polar surface area (TPSA) is 58.5 Å². The molecule has 0 unspecified atom stereocenters. The van der Waals surface area contributed by atoms with Gasteiger partial charge in [-0.3, -0.25) is 9.71 Å². The van der Waals surface area contributed by atoms with E-state index in [0.717, 1.165) is 0 Å². The summed E-state index contributed by atoms with van der Waals surface area (Å²) in [6.45, 7) is 4.12. The smallest absolute Gasteiger partial charge is 0.263 e. The van der Waals surface area contributed by atoms with Crippen molar-refractivity contribution < 1.29 is 8.42 Å². The zero-order valence-electron chi connectivity index (χ0n) is 10.5. The van der Waals surface area contributed by atoms with Gasteiger partial charge in [0, 0.05) is 5.56 Å². The van der Waals surface area contributed by atoms with E-state index in [0.29, 0.717) is 22.2 Å². The molecular formula is C13H16N2O2S. The molecule has 0 spiro atoms. The third-order valence-electron chi connectivity index (χ3n) is 3.64. The highest BCUT2D eigenvalue weighted by atomic mass is 32.2. The van der Waals surface area contributed by atoms with Crippen molar-refractivity contribution in [2.24, 2.45) is 10.9 Å². The van der Waals surface area contributed by atoms with Crippen molar-refractivity contribution in [2.75, 3.05) is 0 Å². The van der Waals surface area contributed by atoms with Crippen molar-refractivity contribution in [3.05, 3.63) is 29.8 Å². The molecule has 1 aliphatic carbocycles. The standard InChI is InChI=1S/C13H16N2O2S/c1-13(2,9-7-8-9)14-12-10-5-3-4-6-11(10)18(16,17)15-12/h3-6,9H,7-8H2,1-2H3,(H,14,15). The summed E-state index contributed by atoms with van der Waals surface area (Å²) in [5, 5.41) is 0. The number of fused-ring (bicyclic) bond motifs is 1. The monoisotopic (exact) mass is 264 g/mol. The zero-order valence-corrected chi connectivity index (χ0v) is 11.3. The molecule has 2 aliphatic rings. The van der Waals surface area contributed by atoms with Crippen LogP contribution in [0.5, 0.6) is 0 Å². The van der Waals surface area contributed by atoms with Crippen LogP contribution in [0, 0.1) is 5.92 Å². The molecule has 96 valence electrons. The number of benzene rings is 1. The van der Waals surface area contributed by atoms with Crippen LogP contribution < -0.4 is 4.72 Å². The Labute approximate surface area is 107 Å². The van der Waals surface area contributed by atoms with Crippen LogP contribution in [0.25, 0.3) is 0 Å². The van der Waals surface area contributed by atoms with Gasteiger partial charge in [0.1, 0.15) is 5.84 Å². The van der Waals surface area contributed by atoms with E-state index in [9.17, 15) is 8.42 Å². The van der Waals surface area contributed by atoms with Crippen molar-refractivity contribution >= 4 is 15.9 Å². The third kappa shape index (κ3) is 1.82. The Morgan fingerprint density at radius 3 is 2.61 bits per heavy atom. The van der Waals surface area contributed by atoms with Crippen molar-refractivity contribution in [1.82, 2.24) is 4.72 Å². The minimum Gasteiger partial charge on any atom is -0.263 e. The molecule has 3 rings (SSSR count). The Bertz CT molecular complexity index is 628. The molecule has 1 fully saturated rings. The number of hydrogen-bond donors (Lipinski definition) is 1. The van der Waals surface area contributed by atoms with Gasteiger partial charge in [0.15, 0.2) is 0 Å². The summed E-state index contributed by atoms with van der Waals surface area (Å²) in [5.74, 6) is 1.06. The first-order chi connectivity index (χ1) is 8.40. The lowest BCUT2D eigenvalue weighted by Crippen LogP contribution is -2.28. The average Bonchev–Trinajstić information content (AvgIpc) is 3.08. The second kappa shape index (κ2) is 3.57. The summed E-state index contributed by atoms with van der Waals surface area (Å²) in [4.78, 5) is 4.96. The number of hydrogen-bond acceptors (Lipinski definition) is 3. The van der Waals surface area contributed by atoms with Gasteiger partial charge in [0.2, 0.25) is 0 Å². The predicted molar refractivity (Wildman–Crippen MR) is 70.1 cm³/mol. The molecule has 0 bridgehead atoms. The fraction of sp³-hybridized carbons (Fsp3) is 0.462. The molecule has 4 nitrogen and oxygen atoms in total. The number of nitrogens with zero attached hydrogens (tertiary/aromatic N) is 1. The molecule has 1 heterocycles. The minimum atomic E-state index is -3.41. The van der Waals surface area contributed by atoms with Gasteiger partial charge in [-0.1, -0.05) is 12.1 Å². The summed E-state index contributed by atoms with van der Waals surface area (Å²) in [6, 6.07) is 6.98. The van der Waals surface area contributed by atoms with Crippen LogP contribution in [-0.2, 0) is 10.0 Å². The van der Waals surface area contributed by atoms with E-state index in [1.165, 1.54) is 12.8 Å². The van der Waals surface area contributed by atoms with E-state index in [2.05, 4.69) is 23.6 Å². The quantitative estimate of drug-likeness (QED) is 0.887. The Morgan fingerprint density at radius 1 is 1.28 bits per heavy atom. The molecule has 0 radical (unpaired) electrons. The molecule has 0 saturated heterocycles. The summed E-state index contributed by atoms with van der Waals surface area (Å²) < 4.78 is 26.4. The molecule has 18 heavy (non-hydrogen) atoms. The molecule has 1 N–H and O–H groups in total. The number of aliphatic imine (C=N–C) groups is 1. The Hall–Kier alpha value is -1.36. The fourth-order valence-electron chi connectivity index (χ4n) is 2.39. The van der Waals surface area contributed by atoms with Crippen LogP contribution in [0.2, 0.25) is 0 Å². The molecule has 1 aliphatic heterocycles. The zero-order chi connectivity index (χ0) is 13.0. The molecule has 5 heteroatoms. The van der Waals surface area contributed by atoms with Crippen LogP contribution in [0.15, 0.2) is 34.2 Å². The third-order valence-corrected chi connectivity index (χ3v) is 5.04. The van der Waals surface area contributed by atoms with Crippen molar-refractivity contribution in [3.8, 4) is 0 Å². The molecule has 0 atom stereocenters. The average molecular weight is 264 g/mol. The molecular weight excluding hydrogens is 248 g/mol. The van der Waals surface area contributed by atoms with Crippen LogP contribution in [0.3, 0.4) is 0 Å². The fourth-order valence-corrected chi connectivity index (χ4v) is 3.62. The van der Waals surface area contributed by atoms with Crippen LogP contribution in [-0.4, -0.2) is 19.8 Å². The maximum Gasteiger partial charge on any atom is 0.263 e. The summed E-state index contributed by atoms with van der Waals surface area (Å²) in [5.41, 5.74) is 0.487. The lowest BCUT2D eigenvalue weighted by atomic mass is 9.99. The van der Waals surface area contributed by atoms with Gasteiger partial charge in [0.05, 0.1) is 10.4 Å². The SMILES string of the molecule is CC(C)(N=C1NS(=O)(=O)c2ccccc21)C1CC1. The van der Waals surface area contributed by atoms with E-state index in [4.69, 9.17) is 0 Å². The van der Waals surface area contributed by atoms with Crippen molar-refractivity contribution in [1.29, 1.82) is 0 Å². The van der Waals surface area contributed by atoms with E-state index in [1.54, 1.807) is 18.2 Å². The van der Waals surface area contributed by atoms with Gasteiger partial charge in [-0.05, 0) is 44.7 Å². The lowest BCUT2D eigenvalue weighted by Gasteiger charge is -2.19. The summed E-state index contributed by atoms with van der Waals surface area (Å²) >= 11 is 0. The van der Waals surface area contributed by atoms with Gasteiger partial charge >= 0.3 is 0 Å². The highest BCUT2D eigenvalue weighted by Gasteiger charge is 2.39. The molecule has 0 aromatic heterocycles. The van der Waals surface area contributed by atoms with Gasteiger partial charge in [-0.25, -0.2) is 8.42 Å². The normalized spacial score (nSPS) is 23.8. The van der Waals surface area contributed by atoms with E-state index in [1.807, 2.05) is 6.07 Å². The van der Waals surface area contributed by atoms with E-state index < -0.39 is 10.0 Å². The van der Waals surface area contributed by atoms with Gasteiger partial charge < -0.3 is 0 Å². The van der Waals surface area contributed by atoms with Crippen molar-refractivity contribution in [2.45, 2.75) is 37.1 Å². The first-order valence-corrected chi connectivity index (χ1v) is 7.60. The van der Waals surface area contributed by atoms with Gasteiger partial charge in [-0.2, -0.15) is 0 Å². The Morgan fingerprint density at radius 2 is 1.94 bits per heavy atom. The van der Waals surface area contributed by atoms with Crippen molar-refractivity contribution in [3.63, 3.8) is 0 Å². The molecule has 1 aromatic carbocycles. The number of sulfonamides is 1. The highest BCUT2D eigenvalue weighted by Crippen LogP contribution is 2.42. The molecule has 1 saturated carbocycles. The predicted octanol–water partition coefficient (Wildman–Crippen LogP) is 1.91. The van der Waals surface area contributed by atoms with Gasteiger partial charge in [0.25, 0.3) is 10.0 Å². The first kappa shape index (κ1) is 11.7. The van der Waals surface area contributed by atoms with Crippen LogP contribution in [0.4, 0.5) is 0 Å². The minimum absolute atomic E-state index is 0.199. The largest absolute Gasteiger partial charge is 0.263 e. The lowest BCUT2D eigenvalue weighted by molar-refractivity contribution is 0.455. The molecule has 0 amide bonds. The number of amidine groups is 1. The first-order valence-electron chi connectivity index (χ1n) is 6.12. The van der Waals surface area contributed by atoms with Gasteiger partial charge in [-0.15, -0.1) is 0 Å². The maximum absolute atomic E-state index is 11.9. The second-order valence-corrected chi connectivity index (χ2v) is 7.14. The van der Waals surface area contributed by atoms with Crippen LogP contribution in [0.1, 0.15) is 32.3 Å². The van der Waals surface area contributed by atoms with E-state index in [-0.39, 0.29) is 5.54 Å². The van der Waals surface area contributed by atoms with Crippen LogP contribution >= 0.6 is 0 Å². The Balaban J connectivity index is 2.09. The summed E-state index contributed by atoms with van der Waals surface area (Å²) in [7, 11) is -3.41. The number of nitrogens with one attached hydrogen (secondary N) is 1.